The molecule has 0 aliphatic carbocycles. The summed E-state index contributed by atoms with van der Waals surface area (Å²) in [6, 6.07) is 13.9. The van der Waals surface area contributed by atoms with Crippen LogP contribution in [0.25, 0.3) is 0 Å². The van der Waals surface area contributed by atoms with E-state index in [9.17, 15) is 18.0 Å². The Bertz CT molecular complexity index is 955. The summed E-state index contributed by atoms with van der Waals surface area (Å²) in [6.07, 6.45) is 2.63. The van der Waals surface area contributed by atoms with Crippen LogP contribution in [-0.4, -0.2) is 33.0 Å². The first-order valence-electron chi connectivity index (χ1n) is 8.58. The third-order valence-corrected chi connectivity index (χ3v) is 4.77. The summed E-state index contributed by atoms with van der Waals surface area (Å²) in [7, 11) is -3.45. The Hall–Kier alpha value is -2.87. The quantitative estimate of drug-likeness (QED) is 0.795. The Kier molecular flexibility index (Phi) is 5.46. The molecule has 27 heavy (non-hydrogen) atoms. The lowest BCUT2D eigenvalue weighted by Gasteiger charge is -2.16. The highest BCUT2D eigenvalue weighted by atomic mass is 32.2. The predicted molar refractivity (Wildman–Crippen MR) is 105 cm³/mol. The molecule has 0 saturated carbocycles. The maximum atomic E-state index is 12.3. The van der Waals surface area contributed by atoms with Crippen LogP contribution in [0.1, 0.15) is 18.4 Å². The molecule has 2 aromatic carbocycles. The minimum atomic E-state index is -3.45. The van der Waals surface area contributed by atoms with Crippen LogP contribution in [0, 0.1) is 0 Å². The number of sulfonamides is 1. The van der Waals surface area contributed by atoms with Gasteiger partial charge >= 0.3 is 0 Å². The van der Waals surface area contributed by atoms with E-state index in [4.69, 9.17) is 0 Å². The predicted octanol–water partition coefficient (Wildman–Crippen LogP) is 2.37. The van der Waals surface area contributed by atoms with E-state index in [-0.39, 0.29) is 18.2 Å². The number of amides is 2. The van der Waals surface area contributed by atoms with Gasteiger partial charge in [0.2, 0.25) is 21.8 Å². The van der Waals surface area contributed by atoms with E-state index in [1.807, 2.05) is 24.3 Å². The van der Waals surface area contributed by atoms with Crippen LogP contribution in [0.2, 0.25) is 0 Å². The zero-order valence-electron chi connectivity index (χ0n) is 14.9. The number of hydrogen-bond donors (Lipinski definition) is 2. The van der Waals surface area contributed by atoms with Crippen molar-refractivity contribution in [3.8, 4) is 0 Å². The lowest BCUT2D eigenvalue weighted by atomic mass is 10.1. The molecule has 0 spiro atoms. The first kappa shape index (κ1) is 18.9. The molecule has 1 heterocycles. The number of nitrogens with zero attached hydrogens (tertiary/aromatic N) is 1. The Morgan fingerprint density at radius 1 is 1.07 bits per heavy atom. The lowest BCUT2D eigenvalue weighted by molar-refractivity contribution is -0.117. The molecule has 2 N–H and O–H groups in total. The smallest absolute Gasteiger partial charge is 0.229 e. The number of benzene rings is 2. The van der Waals surface area contributed by atoms with Gasteiger partial charge in [0, 0.05) is 18.7 Å². The normalized spacial score (nSPS) is 14.3. The van der Waals surface area contributed by atoms with Crippen molar-refractivity contribution in [2.45, 2.75) is 19.3 Å². The van der Waals surface area contributed by atoms with Gasteiger partial charge in [0.1, 0.15) is 0 Å². The average Bonchev–Trinajstić information content (AvgIpc) is 3.02. The van der Waals surface area contributed by atoms with Gasteiger partial charge in [0.25, 0.3) is 0 Å². The molecule has 0 atom stereocenters. The molecule has 1 fully saturated rings. The van der Waals surface area contributed by atoms with Gasteiger partial charge in [-0.2, -0.15) is 0 Å². The zero-order chi connectivity index (χ0) is 19.4. The molecular formula is C19H21N3O4S. The fraction of sp³-hybridized carbons (Fsp3) is 0.263. The minimum Gasteiger partial charge on any atom is -0.324 e. The second-order valence-electron chi connectivity index (χ2n) is 6.46. The number of nitrogens with one attached hydrogen (secondary N) is 2. The molecule has 142 valence electrons. The van der Waals surface area contributed by atoms with Crippen molar-refractivity contribution in [3.05, 3.63) is 54.1 Å². The van der Waals surface area contributed by atoms with Gasteiger partial charge in [-0.05, 0) is 36.2 Å². The van der Waals surface area contributed by atoms with Crippen LogP contribution >= 0.6 is 0 Å². The van der Waals surface area contributed by atoms with E-state index in [1.54, 1.807) is 29.2 Å². The second-order valence-corrected chi connectivity index (χ2v) is 8.21. The minimum absolute atomic E-state index is 0.121. The zero-order valence-corrected chi connectivity index (χ0v) is 15.8. The van der Waals surface area contributed by atoms with Gasteiger partial charge in [-0.1, -0.05) is 24.3 Å². The Morgan fingerprint density at radius 3 is 2.33 bits per heavy atom. The first-order chi connectivity index (χ1) is 12.8. The summed E-state index contributed by atoms with van der Waals surface area (Å²) >= 11 is 0. The number of para-hydroxylation sites is 2. The third kappa shape index (κ3) is 5.07. The molecule has 8 heteroatoms. The standard InChI is InChI=1S/C19H21N3O4S/c1-27(25,26)21-17-6-3-2-5-16(17)20-18(23)13-14-8-10-15(11-9-14)22-12-4-7-19(22)24/h2-3,5-6,8-11,21H,4,7,12-13H2,1H3,(H,20,23). The molecule has 0 aromatic heterocycles. The molecule has 7 nitrogen and oxygen atoms in total. The number of carbonyl (C=O) groups excluding carboxylic acids is 2. The van der Waals surface area contributed by atoms with Crippen molar-refractivity contribution >= 4 is 38.9 Å². The number of anilines is 3. The van der Waals surface area contributed by atoms with Gasteiger partial charge < -0.3 is 10.2 Å². The molecule has 0 unspecified atom stereocenters. The Labute approximate surface area is 158 Å². The van der Waals surface area contributed by atoms with Crippen LogP contribution in [0.4, 0.5) is 17.1 Å². The summed E-state index contributed by atoms with van der Waals surface area (Å²) in [5.41, 5.74) is 2.35. The Morgan fingerprint density at radius 2 is 1.74 bits per heavy atom. The maximum Gasteiger partial charge on any atom is 0.229 e. The summed E-state index contributed by atoms with van der Waals surface area (Å²) in [4.78, 5) is 25.9. The van der Waals surface area contributed by atoms with Crippen LogP contribution in [0.15, 0.2) is 48.5 Å². The van der Waals surface area contributed by atoms with E-state index < -0.39 is 10.0 Å². The van der Waals surface area contributed by atoms with E-state index in [1.165, 1.54) is 0 Å². The molecule has 1 aliphatic heterocycles. The van der Waals surface area contributed by atoms with Crippen molar-refractivity contribution in [1.29, 1.82) is 0 Å². The fourth-order valence-electron chi connectivity index (χ4n) is 2.98. The van der Waals surface area contributed by atoms with Crippen LogP contribution in [0.5, 0.6) is 0 Å². The molecule has 0 radical (unpaired) electrons. The van der Waals surface area contributed by atoms with Crippen molar-refractivity contribution in [3.63, 3.8) is 0 Å². The molecule has 2 amide bonds. The number of rotatable bonds is 6. The van der Waals surface area contributed by atoms with Gasteiger partial charge in [-0.25, -0.2) is 8.42 Å². The second kappa shape index (κ2) is 7.79. The first-order valence-corrected chi connectivity index (χ1v) is 10.5. The molecule has 0 bridgehead atoms. The summed E-state index contributed by atoms with van der Waals surface area (Å²) < 4.78 is 25.3. The summed E-state index contributed by atoms with van der Waals surface area (Å²) in [6.45, 7) is 0.725. The van der Waals surface area contributed by atoms with Gasteiger partial charge in [-0.15, -0.1) is 0 Å². The summed E-state index contributed by atoms with van der Waals surface area (Å²) in [5.74, 6) is -0.141. The van der Waals surface area contributed by atoms with E-state index in [2.05, 4.69) is 10.0 Å². The molecule has 1 saturated heterocycles. The van der Waals surface area contributed by atoms with Gasteiger partial charge in [-0.3, -0.25) is 14.3 Å². The lowest BCUT2D eigenvalue weighted by Crippen LogP contribution is -2.23. The van der Waals surface area contributed by atoms with Crippen LogP contribution in [-0.2, 0) is 26.0 Å². The van der Waals surface area contributed by atoms with Crippen molar-refractivity contribution in [2.24, 2.45) is 0 Å². The van der Waals surface area contributed by atoms with E-state index >= 15 is 0 Å². The number of hydrogen-bond acceptors (Lipinski definition) is 4. The topological polar surface area (TPSA) is 95.6 Å². The molecule has 3 rings (SSSR count). The Balaban J connectivity index is 1.65. The summed E-state index contributed by atoms with van der Waals surface area (Å²) in [5, 5.41) is 2.73. The monoisotopic (exact) mass is 387 g/mol. The van der Waals surface area contributed by atoms with Crippen LogP contribution < -0.4 is 14.9 Å². The van der Waals surface area contributed by atoms with E-state index in [0.29, 0.717) is 17.8 Å². The average molecular weight is 387 g/mol. The highest BCUT2D eigenvalue weighted by Gasteiger charge is 2.21. The van der Waals surface area contributed by atoms with Crippen molar-refractivity contribution in [2.75, 3.05) is 27.7 Å². The van der Waals surface area contributed by atoms with Crippen LogP contribution in [0.3, 0.4) is 0 Å². The highest BCUT2D eigenvalue weighted by Crippen LogP contribution is 2.23. The van der Waals surface area contributed by atoms with E-state index in [0.717, 1.165) is 30.5 Å². The fourth-order valence-corrected chi connectivity index (χ4v) is 3.55. The highest BCUT2D eigenvalue weighted by molar-refractivity contribution is 7.92. The van der Waals surface area contributed by atoms with Crippen molar-refractivity contribution < 1.29 is 18.0 Å². The van der Waals surface area contributed by atoms with Crippen molar-refractivity contribution in [1.82, 2.24) is 0 Å². The largest absolute Gasteiger partial charge is 0.324 e. The molecular weight excluding hydrogens is 366 g/mol. The third-order valence-electron chi connectivity index (χ3n) is 4.18. The molecule has 1 aliphatic rings. The van der Waals surface area contributed by atoms with Gasteiger partial charge in [0.15, 0.2) is 0 Å². The SMILES string of the molecule is CS(=O)(=O)Nc1ccccc1NC(=O)Cc1ccc(N2CCCC2=O)cc1. The maximum absolute atomic E-state index is 12.3. The molecule has 2 aromatic rings. The number of carbonyl (C=O) groups is 2. The van der Waals surface area contributed by atoms with Gasteiger partial charge in [0.05, 0.1) is 24.1 Å².